The molecule has 0 atom stereocenters. The molecule has 1 heterocycles. The van der Waals surface area contributed by atoms with Gasteiger partial charge in [-0.05, 0) is 49.2 Å². The number of rotatable bonds is 4. The van der Waals surface area contributed by atoms with Crippen molar-refractivity contribution in [2.45, 2.75) is 12.8 Å². The lowest BCUT2D eigenvalue weighted by Gasteiger charge is -2.27. The van der Waals surface area contributed by atoms with Gasteiger partial charge in [0.15, 0.2) is 0 Å². The number of anilines is 2. The fraction of sp³-hybridized carbons (Fsp3) is 0.278. The van der Waals surface area contributed by atoms with Crippen molar-refractivity contribution in [2.24, 2.45) is 0 Å². The number of halogens is 1. The average molecular weight is 375 g/mol. The summed E-state index contributed by atoms with van der Waals surface area (Å²) in [7, 11) is 0. The van der Waals surface area contributed by atoms with Crippen LogP contribution in [0.2, 0.25) is 0 Å². The molecule has 1 amide bonds. The summed E-state index contributed by atoms with van der Waals surface area (Å²) >= 11 is 3.43. The van der Waals surface area contributed by atoms with Gasteiger partial charge in [0.25, 0.3) is 0 Å². The molecule has 1 fully saturated rings. The van der Waals surface area contributed by atoms with E-state index in [4.69, 9.17) is 0 Å². The number of phenols is 1. The van der Waals surface area contributed by atoms with Crippen molar-refractivity contribution < 1.29 is 9.90 Å². The molecule has 0 aliphatic carbocycles. The van der Waals surface area contributed by atoms with Crippen LogP contribution in [0, 0.1) is 0 Å². The van der Waals surface area contributed by atoms with Crippen LogP contribution >= 0.6 is 15.9 Å². The van der Waals surface area contributed by atoms with E-state index in [1.165, 1.54) is 0 Å². The first-order valence-corrected chi connectivity index (χ1v) is 8.53. The molecule has 2 aromatic carbocycles. The molecule has 120 valence electrons. The molecule has 4 nitrogen and oxygen atoms in total. The Morgan fingerprint density at radius 2 is 1.78 bits per heavy atom. The first-order valence-electron chi connectivity index (χ1n) is 7.73. The monoisotopic (exact) mass is 374 g/mol. The lowest BCUT2D eigenvalue weighted by atomic mass is 10.2. The normalized spacial score (nSPS) is 14.0. The van der Waals surface area contributed by atoms with Crippen LogP contribution in [0.25, 0.3) is 0 Å². The Balaban J connectivity index is 1.89. The van der Waals surface area contributed by atoms with Gasteiger partial charge in [-0.15, -0.1) is 0 Å². The summed E-state index contributed by atoms with van der Waals surface area (Å²) in [5.41, 5.74) is 1.73. The zero-order chi connectivity index (χ0) is 16.2. The third-order valence-corrected chi connectivity index (χ3v) is 4.56. The minimum absolute atomic E-state index is 0.119. The van der Waals surface area contributed by atoms with Crippen LogP contribution in [0.15, 0.2) is 53.0 Å². The summed E-state index contributed by atoms with van der Waals surface area (Å²) in [6, 6.07) is 14.8. The first-order chi connectivity index (χ1) is 11.1. The highest BCUT2D eigenvalue weighted by Crippen LogP contribution is 2.29. The van der Waals surface area contributed by atoms with E-state index < -0.39 is 0 Å². The van der Waals surface area contributed by atoms with Crippen molar-refractivity contribution in [2.75, 3.05) is 24.5 Å². The molecule has 23 heavy (non-hydrogen) atoms. The maximum absolute atomic E-state index is 12.6. The molecule has 5 heteroatoms. The fourth-order valence-electron chi connectivity index (χ4n) is 2.82. The second-order valence-corrected chi connectivity index (χ2v) is 6.59. The number of phenolic OH excluding ortho intramolecular Hbond substituents is 1. The lowest BCUT2D eigenvalue weighted by Crippen LogP contribution is -2.37. The molecular formula is C18H19BrN2O2. The Morgan fingerprint density at radius 3 is 2.43 bits per heavy atom. The number of nitrogens with zero attached hydrogens (tertiary/aromatic N) is 2. The molecule has 0 aromatic heterocycles. The molecule has 0 unspecified atom stereocenters. The van der Waals surface area contributed by atoms with Crippen molar-refractivity contribution in [1.82, 2.24) is 4.90 Å². The van der Waals surface area contributed by atoms with Crippen molar-refractivity contribution >= 4 is 33.2 Å². The summed E-state index contributed by atoms with van der Waals surface area (Å²) in [5.74, 6) is 0.312. The van der Waals surface area contributed by atoms with E-state index in [0.29, 0.717) is 0 Å². The van der Waals surface area contributed by atoms with Gasteiger partial charge < -0.3 is 14.9 Å². The van der Waals surface area contributed by atoms with Gasteiger partial charge in [0, 0.05) is 35.0 Å². The van der Waals surface area contributed by atoms with Gasteiger partial charge in [0.1, 0.15) is 12.3 Å². The number of carbonyl (C=O) groups excluding carboxylic acids is 1. The number of likely N-dealkylation sites (tertiary alicyclic amines) is 1. The average Bonchev–Trinajstić information content (AvgIpc) is 3.08. The minimum Gasteiger partial charge on any atom is -0.508 e. The van der Waals surface area contributed by atoms with Crippen LogP contribution in [-0.4, -0.2) is 35.5 Å². The zero-order valence-electron chi connectivity index (χ0n) is 12.8. The fourth-order valence-corrected chi connectivity index (χ4v) is 3.08. The Labute approximate surface area is 144 Å². The van der Waals surface area contributed by atoms with Crippen LogP contribution in [-0.2, 0) is 4.79 Å². The summed E-state index contributed by atoms with van der Waals surface area (Å²) in [4.78, 5) is 16.4. The quantitative estimate of drug-likeness (QED) is 0.881. The third-order valence-electron chi connectivity index (χ3n) is 4.03. The van der Waals surface area contributed by atoms with Gasteiger partial charge in [-0.1, -0.05) is 22.0 Å². The van der Waals surface area contributed by atoms with E-state index in [-0.39, 0.29) is 18.2 Å². The highest BCUT2D eigenvalue weighted by atomic mass is 79.9. The van der Waals surface area contributed by atoms with Crippen molar-refractivity contribution in [1.29, 1.82) is 0 Å². The number of hydrogen-bond acceptors (Lipinski definition) is 3. The molecule has 0 saturated carbocycles. The number of aromatic hydroxyl groups is 1. The lowest BCUT2D eigenvalue weighted by molar-refractivity contribution is -0.128. The predicted octanol–water partition coefficient (Wildman–Crippen LogP) is 3.92. The number of benzene rings is 2. The smallest absolute Gasteiger partial charge is 0.242 e. The van der Waals surface area contributed by atoms with E-state index in [9.17, 15) is 9.90 Å². The topological polar surface area (TPSA) is 43.8 Å². The van der Waals surface area contributed by atoms with E-state index >= 15 is 0 Å². The van der Waals surface area contributed by atoms with Crippen LogP contribution in [0.3, 0.4) is 0 Å². The molecule has 1 aliphatic rings. The Kier molecular flexibility index (Phi) is 4.86. The molecule has 0 radical (unpaired) electrons. The van der Waals surface area contributed by atoms with Crippen LogP contribution < -0.4 is 4.90 Å². The van der Waals surface area contributed by atoms with E-state index in [1.807, 2.05) is 40.1 Å². The summed E-state index contributed by atoms with van der Waals surface area (Å²) in [6.07, 6.45) is 2.16. The maximum Gasteiger partial charge on any atom is 0.242 e. The Morgan fingerprint density at radius 1 is 1.09 bits per heavy atom. The summed E-state index contributed by atoms with van der Waals surface area (Å²) < 4.78 is 0.989. The van der Waals surface area contributed by atoms with E-state index in [2.05, 4.69) is 15.9 Å². The molecule has 0 bridgehead atoms. The molecule has 0 spiro atoms. The standard InChI is InChI=1S/C18H19BrN2O2/c19-14-6-8-15(9-7-14)21(16-4-3-5-17(22)12-16)13-18(23)20-10-1-2-11-20/h3-9,12,22H,1-2,10-11,13H2. The third kappa shape index (κ3) is 3.85. The highest BCUT2D eigenvalue weighted by Gasteiger charge is 2.21. The largest absolute Gasteiger partial charge is 0.508 e. The van der Waals surface area contributed by atoms with Gasteiger partial charge in [-0.2, -0.15) is 0 Å². The number of amides is 1. The van der Waals surface area contributed by atoms with Gasteiger partial charge in [0.05, 0.1) is 0 Å². The Hall–Kier alpha value is -2.01. The van der Waals surface area contributed by atoms with Gasteiger partial charge in [0.2, 0.25) is 5.91 Å². The summed E-state index contributed by atoms with van der Waals surface area (Å²) in [5, 5.41) is 9.77. The van der Waals surface area contributed by atoms with Crippen LogP contribution in [0.1, 0.15) is 12.8 Å². The predicted molar refractivity (Wildman–Crippen MR) is 95.1 cm³/mol. The number of hydrogen-bond donors (Lipinski definition) is 1. The van der Waals surface area contributed by atoms with Gasteiger partial charge in [-0.25, -0.2) is 0 Å². The molecular weight excluding hydrogens is 356 g/mol. The zero-order valence-corrected chi connectivity index (χ0v) is 14.4. The van der Waals surface area contributed by atoms with E-state index in [1.54, 1.807) is 18.2 Å². The van der Waals surface area contributed by atoms with Crippen molar-refractivity contribution in [3.8, 4) is 5.75 Å². The second kappa shape index (κ2) is 7.04. The SMILES string of the molecule is O=C(CN(c1ccc(Br)cc1)c1cccc(O)c1)N1CCCC1. The van der Waals surface area contributed by atoms with Crippen molar-refractivity contribution in [3.63, 3.8) is 0 Å². The second-order valence-electron chi connectivity index (χ2n) is 5.67. The van der Waals surface area contributed by atoms with Gasteiger partial charge >= 0.3 is 0 Å². The maximum atomic E-state index is 12.6. The first kappa shape index (κ1) is 15.9. The molecule has 1 N–H and O–H groups in total. The van der Waals surface area contributed by atoms with Crippen LogP contribution in [0.5, 0.6) is 5.75 Å². The highest BCUT2D eigenvalue weighted by molar-refractivity contribution is 9.10. The molecule has 1 saturated heterocycles. The molecule has 2 aromatic rings. The molecule has 1 aliphatic heterocycles. The summed E-state index contributed by atoms with van der Waals surface area (Å²) in [6.45, 7) is 1.95. The van der Waals surface area contributed by atoms with E-state index in [0.717, 1.165) is 41.8 Å². The number of carbonyl (C=O) groups is 1. The van der Waals surface area contributed by atoms with Crippen LogP contribution in [0.4, 0.5) is 11.4 Å². The minimum atomic E-state index is 0.119. The van der Waals surface area contributed by atoms with Gasteiger partial charge in [-0.3, -0.25) is 4.79 Å². The van der Waals surface area contributed by atoms with Crippen molar-refractivity contribution in [3.05, 3.63) is 53.0 Å². The molecule has 3 rings (SSSR count). The Bertz CT molecular complexity index is 682.